The number of likely N-dealkylation sites (tertiary alicyclic amines) is 1. The van der Waals surface area contributed by atoms with E-state index in [0.29, 0.717) is 0 Å². The van der Waals surface area contributed by atoms with E-state index in [1.54, 1.807) is 6.33 Å². The molecule has 0 aliphatic carbocycles. The van der Waals surface area contributed by atoms with Crippen molar-refractivity contribution in [3.8, 4) is 0 Å². The number of nitrogens with one attached hydrogen (secondary N) is 1. The van der Waals surface area contributed by atoms with Crippen LogP contribution in [0.25, 0.3) is 0 Å². The minimum absolute atomic E-state index is 0.189. The average Bonchev–Trinajstić information content (AvgIpc) is 3.24. The number of para-hydroxylation sites is 1. The molecule has 1 saturated heterocycles. The Kier molecular flexibility index (Phi) is 8.50. The molecule has 0 bridgehead atoms. The fourth-order valence-electron chi connectivity index (χ4n) is 3.68. The minimum Gasteiger partial charge on any atom is -0.393 e. The molecule has 0 atom stereocenters. The molecule has 0 radical (unpaired) electrons. The zero-order valence-electron chi connectivity index (χ0n) is 18.2. The van der Waals surface area contributed by atoms with Gasteiger partial charge < -0.3 is 24.8 Å². The largest absolute Gasteiger partial charge is 0.393 e. The van der Waals surface area contributed by atoms with Gasteiger partial charge >= 0.3 is 0 Å². The molecule has 0 unspecified atom stereocenters. The van der Waals surface area contributed by atoms with Crippen molar-refractivity contribution in [1.29, 1.82) is 0 Å². The Morgan fingerprint density at radius 3 is 2.77 bits per heavy atom. The van der Waals surface area contributed by atoms with E-state index in [1.807, 2.05) is 6.07 Å². The molecule has 8 nitrogen and oxygen atoms in total. The lowest BCUT2D eigenvalue weighted by molar-refractivity contribution is 0.108. The smallest absolute Gasteiger partial charge is 0.193 e. The molecule has 0 amide bonds. The summed E-state index contributed by atoms with van der Waals surface area (Å²) in [5, 5.41) is 21.5. The minimum atomic E-state index is -0.189. The molecule has 8 heteroatoms. The summed E-state index contributed by atoms with van der Waals surface area (Å²) in [4.78, 5) is 9.41. The van der Waals surface area contributed by atoms with Crippen molar-refractivity contribution < 1.29 is 5.11 Å². The van der Waals surface area contributed by atoms with Gasteiger partial charge in [-0.15, -0.1) is 10.2 Å². The molecule has 2 N–H and O–H groups in total. The fraction of sp³-hybridized carbons (Fsp3) is 0.591. The van der Waals surface area contributed by atoms with Gasteiger partial charge in [0.15, 0.2) is 5.96 Å². The summed E-state index contributed by atoms with van der Waals surface area (Å²) in [5.41, 5.74) is 1.23. The van der Waals surface area contributed by atoms with Gasteiger partial charge in [-0.2, -0.15) is 0 Å². The first kappa shape index (κ1) is 22.1. The number of aliphatic imine (C=N–C) groups is 1. The van der Waals surface area contributed by atoms with Gasteiger partial charge in [-0.3, -0.25) is 4.99 Å². The molecular weight excluding hydrogens is 378 g/mol. The van der Waals surface area contributed by atoms with Gasteiger partial charge in [0.05, 0.1) is 6.10 Å². The zero-order chi connectivity index (χ0) is 21.2. The number of aliphatic hydroxyl groups excluding tert-OH is 1. The van der Waals surface area contributed by atoms with Crippen molar-refractivity contribution in [2.24, 2.45) is 4.99 Å². The zero-order valence-corrected chi connectivity index (χ0v) is 18.2. The van der Waals surface area contributed by atoms with Crippen molar-refractivity contribution in [3.05, 3.63) is 42.5 Å². The molecule has 1 aliphatic heterocycles. The second-order valence-electron chi connectivity index (χ2n) is 7.76. The van der Waals surface area contributed by atoms with E-state index < -0.39 is 0 Å². The number of nitrogens with zero attached hydrogens (tertiary/aromatic N) is 6. The van der Waals surface area contributed by atoms with Crippen LogP contribution in [0.2, 0.25) is 0 Å². The monoisotopic (exact) mass is 413 g/mol. The Bertz CT molecular complexity index is 769. The Morgan fingerprint density at radius 2 is 2.03 bits per heavy atom. The average molecular weight is 414 g/mol. The van der Waals surface area contributed by atoms with Crippen LogP contribution in [0.3, 0.4) is 0 Å². The summed E-state index contributed by atoms with van der Waals surface area (Å²) in [5.74, 6) is 1.94. The van der Waals surface area contributed by atoms with Crippen LogP contribution >= 0.6 is 0 Å². The summed E-state index contributed by atoms with van der Waals surface area (Å²) in [6.45, 7) is 7.07. The highest BCUT2D eigenvalue weighted by atomic mass is 16.3. The summed E-state index contributed by atoms with van der Waals surface area (Å²) in [6, 6.07) is 10.4. The Balaban J connectivity index is 1.52. The van der Waals surface area contributed by atoms with E-state index in [2.05, 4.69) is 68.1 Å². The molecule has 3 rings (SSSR count). The lowest BCUT2D eigenvalue weighted by Gasteiger charge is -2.32. The number of hydrogen-bond donors (Lipinski definition) is 2. The van der Waals surface area contributed by atoms with E-state index in [-0.39, 0.29) is 6.10 Å². The predicted molar refractivity (Wildman–Crippen MR) is 121 cm³/mol. The summed E-state index contributed by atoms with van der Waals surface area (Å²) >= 11 is 0. The maximum absolute atomic E-state index is 9.84. The molecule has 1 fully saturated rings. The summed E-state index contributed by atoms with van der Waals surface area (Å²) < 4.78 is 2.08. The third kappa shape index (κ3) is 6.45. The van der Waals surface area contributed by atoms with E-state index in [4.69, 9.17) is 4.99 Å². The van der Waals surface area contributed by atoms with Crippen molar-refractivity contribution in [1.82, 2.24) is 25.0 Å². The van der Waals surface area contributed by atoms with Crippen LogP contribution in [0.4, 0.5) is 5.69 Å². The molecule has 1 aromatic heterocycles. The molecule has 164 valence electrons. The predicted octanol–water partition coefficient (Wildman–Crippen LogP) is 1.77. The molecule has 0 saturated carbocycles. The Labute approximate surface area is 179 Å². The molecule has 2 heterocycles. The standard InChI is InChI=1S/C22H35N7O/c1-3-21-26-25-18-29(21)17-13-24-22(28-15-10-20(30)11-16-28)23-12-7-14-27(2)19-8-5-4-6-9-19/h4-6,8-9,18,20,30H,3,7,10-17H2,1-2H3,(H,23,24). The number of aromatic nitrogens is 3. The number of guanidine groups is 1. The van der Waals surface area contributed by atoms with Crippen LogP contribution < -0.4 is 10.2 Å². The number of rotatable bonds is 9. The Hall–Kier alpha value is -2.61. The van der Waals surface area contributed by atoms with Crippen LogP contribution in [-0.2, 0) is 13.0 Å². The van der Waals surface area contributed by atoms with Gasteiger partial charge in [-0.25, -0.2) is 0 Å². The number of aliphatic hydroxyl groups is 1. The Morgan fingerprint density at radius 1 is 1.27 bits per heavy atom. The quantitative estimate of drug-likeness (QED) is 0.370. The first-order chi connectivity index (χ1) is 14.7. The molecule has 2 aromatic rings. The maximum Gasteiger partial charge on any atom is 0.193 e. The molecule has 1 aromatic carbocycles. The number of hydrogen-bond acceptors (Lipinski definition) is 5. The highest BCUT2D eigenvalue weighted by Gasteiger charge is 2.19. The molecular formula is C22H35N7O. The first-order valence-electron chi connectivity index (χ1n) is 11.0. The topological polar surface area (TPSA) is 81.8 Å². The fourth-order valence-corrected chi connectivity index (χ4v) is 3.68. The normalized spacial score (nSPS) is 15.4. The third-order valence-corrected chi connectivity index (χ3v) is 5.52. The highest BCUT2D eigenvalue weighted by molar-refractivity contribution is 5.80. The highest BCUT2D eigenvalue weighted by Crippen LogP contribution is 2.12. The van der Waals surface area contributed by atoms with Gasteiger partial charge in [0.2, 0.25) is 0 Å². The number of anilines is 1. The van der Waals surface area contributed by atoms with E-state index in [1.165, 1.54) is 5.69 Å². The van der Waals surface area contributed by atoms with Crippen LogP contribution in [0, 0.1) is 0 Å². The molecule has 1 aliphatic rings. The second kappa shape index (κ2) is 11.5. The summed E-state index contributed by atoms with van der Waals surface area (Å²) in [6.07, 6.45) is 5.05. The second-order valence-corrected chi connectivity index (χ2v) is 7.76. The van der Waals surface area contributed by atoms with Gasteiger partial charge in [0.25, 0.3) is 0 Å². The maximum atomic E-state index is 9.84. The van der Waals surface area contributed by atoms with Gasteiger partial charge in [0, 0.05) is 58.4 Å². The lowest BCUT2D eigenvalue weighted by Crippen LogP contribution is -2.47. The van der Waals surface area contributed by atoms with Gasteiger partial charge in [0.1, 0.15) is 12.2 Å². The van der Waals surface area contributed by atoms with Gasteiger partial charge in [-0.05, 0) is 31.4 Å². The number of aryl methyl sites for hydroxylation is 1. The van der Waals surface area contributed by atoms with E-state index in [0.717, 1.165) is 76.7 Å². The van der Waals surface area contributed by atoms with Crippen LogP contribution in [0.1, 0.15) is 32.0 Å². The first-order valence-corrected chi connectivity index (χ1v) is 11.0. The van der Waals surface area contributed by atoms with Gasteiger partial charge in [-0.1, -0.05) is 25.1 Å². The van der Waals surface area contributed by atoms with Crippen molar-refractivity contribution in [2.75, 3.05) is 44.7 Å². The van der Waals surface area contributed by atoms with Crippen molar-refractivity contribution in [2.45, 2.75) is 45.3 Å². The number of benzene rings is 1. The van der Waals surface area contributed by atoms with Crippen molar-refractivity contribution >= 4 is 11.6 Å². The number of piperidine rings is 1. The molecule has 30 heavy (non-hydrogen) atoms. The third-order valence-electron chi connectivity index (χ3n) is 5.52. The van der Waals surface area contributed by atoms with Crippen LogP contribution in [0.5, 0.6) is 0 Å². The molecule has 0 spiro atoms. The van der Waals surface area contributed by atoms with Crippen molar-refractivity contribution in [3.63, 3.8) is 0 Å². The lowest BCUT2D eigenvalue weighted by atomic mass is 10.1. The van der Waals surface area contributed by atoms with Crippen LogP contribution in [-0.4, -0.2) is 76.6 Å². The summed E-state index contributed by atoms with van der Waals surface area (Å²) in [7, 11) is 2.12. The van der Waals surface area contributed by atoms with E-state index >= 15 is 0 Å². The van der Waals surface area contributed by atoms with Crippen LogP contribution in [0.15, 0.2) is 41.7 Å². The van der Waals surface area contributed by atoms with E-state index in [9.17, 15) is 5.11 Å². The SMILES string of the molecule is CCc1nncn1CCNC(=NCCCN(C)c1ccccc1)N1CCC(O)CC1.